The van der Waals surface area contributed by atoms with Crippen molar-refractivity contribution in [3.05, 3.63) is 0 Å². The van der Waals surface area contributed by atoms with Crippen molar-refractivity contribution in [2.24, 2.45) is 17.3 Å². The molecule has 0 aromatic carbocycles. The Hall–Kier alpha value is -0.610. The maximum atomic E-state index is 12.5. The summed E-state index contributed by atoms with van der Waals surface area (Å²) in [5.41, 5.74) is 0.105. The molecule has 21 heavy (non-hydrogen) atoms. The number of carbonyl (C=O) groups excluding carboxylic acids is 1. The number of rotatable bonds is 4. The van der Waals surface area contributed by atoms with E-state index < -0.39 is 0 Å². The number of carbonyl (C=O) groups is 1. The molecule has 0 bridgehead atoms. The number of likely N-dealkylation sites (tertiary alicyclic amines) is 2. The molecule has 1 N–H and O–H groups in total. The lowest BCUT2D eigenvalue weighted by molar-refractivity contribution is -0.135. The van der Waals surface area contributed by atoms with Crippen LogP contribution in [0.3, 0.4) is 0 Å². The van der Waals surface area contributed by atoms with Gasteiger partial charge in [-0.3, -0.25) is 9.69 Å². The van der Waals surface area contributed by atoms with Crippen molar-refractivity contribution in [3.63, 3.8) is 0 Å². The summed E-state index contributed by atoms with van der Waals surface area (Å²) in [6, 6.07) is 0. The highest BCUT2D eigenvalue weighted by molar-refractivity contribution is 5.78. The fourth-order valence-electron chi connectivity index (χ4n) is 3.97. The lowest BCUT2D eigenvalue weighted by atomic mass is 9.77. The first-order valence-electron chi connectivity index (χ1n) is 8.59. The number of aliphatic hydroxyl groups is 1. The van der Waals surface area contributed by atoms with Crippen LogP contribution in [0.15, 0.2) is 0 Å². The van der Waals surface area contributed by atoms with Gasteiger partial charge in [0.2, 0.25) is 5.91 Å². The number of nitrogens with zero attached hydrogens (tertiary/aromatic N) is 2. The van der Waals surface area contributed by atoms with E-state index in [0.717, 1.165) is 45.4 Å². The van der Waals surface area contributed by atoms with Crippen molar-refractivity contribution < 1.29 is 9.90 Å². The van der Waals surface area contributed by atoms with Gasteiger partial charge in [-0.25, -0.2) is 0 Å². The molecule has 0 aromatic rings. The van der Waals surface area contributed by atoms with E-state index in [-0.39, 0.29) is 12.0 Å². The Morgan fingerprint density at radius 2 is 1.76 bits per heavy atom. The van der Waals surface area contributed by atoms with Crippen LogP contribution < -0.4 is 0 Å². The van der Waals surface area contributed by atoms with Gasteiger partial charge in [-0.2, -0.15) is 0 Å². The minimum atomic E-state index is 0.105. The Labute approximate surface area is 129 Å². The molecule has 122 valence electrons. The predicted octanol–water partition coefficient (Wildman–Crippen LogP) is 1.98. The molecule has 2 rings (SSSR count). The Morgan fingerprint density at radius 1 is 1.19 bits per heavy atom. The number of hydrogen-bond donors (Lipinski definition) is 1. The third-order valence-electron chi connectivity index (χ3n) is 5.58. The van der Waals surface area contributed by atoms with Gasteiger partial charge in [-0.05, 0) is 56.0 Å². The van der Waals surface area contributed by atoms with Crippen molar-refractivity contribution >= 4 is 5.91 Å². The van der Waals surface area contributed by atoms with E-state index in [2.05, 4.69) is 30.6 Å². The zero-order valence-electron chi connectivity index (χ0n) is 14.0. The molecular weight excluding hydrogens is 264 g/mol. The van der Waals surface area contributed by atoms with Crippen LogP contribution in [-0.2, 0) is 4.79 Å². The van der Waals surface area contributed by atoms with E-state index in [9.17, 15) is 9.90 Å². The van der Waals surface area contributed by atoms with Gasteiger partial charge in [0.05, 0.1) is 6.54 Å². The summed E-state index contributed by atoms with van der Waals surface area (Å²) in [4.78, 5) is 16.8. The first-order chi connectivity index (χ1) is 9.98. The van der Waals surface area contributed by atoms with Crippen LogP contribution in [0.2, 0.25) is 0 Å². The summed E-state index contributed by atoms with van der Waals surface area (Å²) in [6.07, 6.45) is 4.30. The quantitative estimate of drug-likeness (QED) is 0.862. The SMILES string of the molecule is CCC1(CO)CCN(CC(=O)N2CC(C)CC(C)C2)CC1. The van der Waals surface area contributed by atoms with Crippen molar-refractivity contribution in [3.8, 4) is 0 Å². The van der Waals surface area contributed by atoms with Crippen LogP contribution in [0, 0.1) is 17.3 Å². The third kappa shape index (κ3) is 4.19. The summed E-state index contributed by atoms with van der Waals surface area (Å²) in [6.45, 7) is 11.2. The fourth-order valence-corrected chi connectivity index (χ4v) is 3.97. The van der Waals surface area contributed by atoms with Gasteiger partial charge in [0.15, 0.2) is 0 Å². The third-order valence-corrected chi connectivity index (χ3v) is 5.58. The van der Waals surface area contributed by atoms with E-state index in [1.54, 1.807) is 0 Å². The molecule has 0 radical (unpaired) electrons. The first-order valence-corrected chi connectivity index (χ1v) is 8.59. The van der Waals surface area contributed by atoms with Gasteiger partial charge < -0.3 is 10.0 Å². The Kier molecular flexibility index (Phi) is 5.67. The van der Waals surface area contributed by atoms with Crippen LogP contribution in [0.5, 0.6) is 0 Å². The molecule has 2 aliphatic heterocycles. The second-order valence-corrected chi connectivity index (χ2v) is 7.53. The summed E-state index contributed by atoms with van der Waals surface area (Å²) in [5, 5.41) is 9.58. The molecule has 0 aromatic heterocycles. The highest BCUT2D eigenvalue weighted by Gasteiger charge is 2.33. The first kappa shape index (κ1) is 16.8. The van der Waals surface area contributed by atoms with Crippen LogP contribution in [0.4, 0.5) is 0 Å². The molecule has 0 aliphatic carbocycles. The van der Waals surface area contributed by atoms with Crippen molar-refractivity contribution in [1.29, 1.82) is 0 Å². The summed E-state index contributed by atoms with van der Waals surface area (Å²) in [5.74, 6) is 1.55. The smallest absolute Gasteiger partial charge is 0.236 e. The molecule has 0 spiro atoms. The maximum absolute atomic E-state index is 12.5. The minimum Gasteiger partial charge on any atom is -0.396 e. The molecule has 2 fully saturated rings. The second kappa shape index (κ2) is 7.10. The fraction of sp³-hybridized carbons (Fsp3) is 0.941. The monoisotopic (exact) mass is 296 g/mol. The molecular formula is C17H32N2O2. The van der Waals surface area contributed by atoms with Crippen molar-refractivity contribution in [2.75, 3.05) is 39.3 Å². The maximum Gasteiger partial charge on any atom is 0.236 e. The van der Waals surface area contributed by atoms with Gasteiger partial charge in [-0.1, -0.05) is 20.8 Å². The van der Waals surface area contributed by atoms with E-state index in [1.165, 1.54) is 6.42 Å². The van der Waals surface area contributed by atoms with Gasteiger partial charge >= 0.3 is 0 Å². The zero-order chi connectivity index (χ0) is 15.5. The molecule has 2 unspecified atom stereocenters. The zero-order valence-corrected chi connectivity index (χ0v) is 14.0. The van der Waals surface area contributed by atoms with Crippen molar-refractivity contribution in [2.45, 2.75) is 46.5 Å². The molecule has 2 heterocycles. The van der Waals surface area contributed by atoms with Crippen LogP contribution in [0.1, 0.15) is 46.5 Å². The lowest BCUT2D eigenvalue weighted by Crippen LogP contribution is -2.49. The van der Waals surface area contributed by atoms with E-state index in [1.807, 2.05) is 0 Å². The van der Waals surface area contributed by atoms with Crippen LogP contribution in [0.25, 0.3) is 0 Å². The number of aliphatic hydroxyl groups excluding tert-OH is 1. The van der Waals surface area contributed by atoms with Gasteiger partial charge in [0.25, 0.3) is 0 Å². The Morgan fingerprint density at radius 3 is 2.24 bits per heavy atom. The van der Waals surface area contributed by atoms with E-state index >= 15 is 0 Å². The van der Waals surface area contributed by atoms with Gasteiger partial charge in [0, 0.05) is 19.7 Å². The molecule has 4 heteroatoms. The molecule has 0 saturated carbocycles. The topological polar surface area (TPSA) is 43.8 Å². The van der Waals surface area contributed by atoms with E-state index in [0.29, 0.717) is 24.3 Å². The van der Waals surface area contributed by atoms with Crippen LogP contribution in [-0.4, -0.2) is 60.1 Å². The predicted molar refractivity (Wildman–Crippen MR) is 85.0 cm³/mol. The molecule has 2 aliphatic rings. The number of hydrogen-bond acceptors (Lipinski definition) is 3. The highest BCUT2D eigenvalue weighted by atomic mass is 16.3. The Bertz CT molecular complexity index is 335. The van der Waals surface area contributed by atoms with Crippen LogP contribution >= 0.6 is 0 Å². The highest BCUT2D eigenvalue weighted by Crippen LogP contribution is 2.34. The average molecular weight is 296 g/mol. The summed E-state index contributed by atoms with van der Waals surface area (Å²) < 4.78 is 0. The normalized spacial score (nSPS) is 30.4. The lowest BCUT2D eigenvalue weighted by Gasteiger charge is -2.41. The second-order valence-electron chi connectivity index (χ2n) is 7.53. The Balaban J connectivity index is 1.81. The van der Waals surface area contributed by atoms with Gasteiger partial charge in [0.1, 0.15) is 0 Å². The van der Waals surface area contributed by atoms with E-state index in [4.69, 9.17) is 0 Å². The molecule has 1 amide bonds. The molecule has 2 atom stereocenters. The average Bonchev–Trinajstić information content (AvgIpc) is 2.47. The largest absolute Gasteiger partial charge is 0.396 e. The standard InChI is InChI=1S/C17H32N2O2/c1-4-17(13-20)5-7-18(8-6-17)12-16(21)19-10-14(2)9-15(3)11-19/h14-15,20H,4-13H2,1-3H3. The number of piperidine rings is 2. The molecule has 2 saturated heterocycles. The van der Waals surface area contributed by atoms with Gasteiger partial charge in [-0.15, -0.1) is 0 Å². The summed E-state index contributed by atoms with van der Waals surface area (Å²) >= 11 is 0. The summed E-state index contributed by atoms with van der Waals surface area (Å²) in [7, 11) is 0. The minimum absolute atomic E-state index is 0.105. The molecule has 4 nitrogen and oxygen atoms in total. The number of amides is 1. The van der Waals surface area contributed by atoms with Crippen molar-refractivity contribution in [1.82, 2.24) is 9.80 Å².